The molecule has 0 bridgehead atoms. The van der Waals surface area contributed by atoms with Crippen LogP contribution in [0.25, 0.3) is 0 Å². The Bertz CT molecular complexity index is 1600. The Balaban J connectivity index is 0.00000154. The molecule has 2 aromatic rings. The zero-order chi connectivity index (χ0) is 34.5. The van der Waals surface area contributed by atoms with Crippen molar-refractivity contribution >= 4 is 45.4 Å². The van der Waals surface area contributed by atoms with Gasteiger partial charge in [-0.2, -0.15) is 26.3 Å². The van der Waals surface area contributed by atoms with Crippen molar-refractivity contribution in [3.8, 4) is 0 Å². The van der Waals surface area contributed by atoms with E-state index in [4.69, 9.17) is 33.1 Å². The summed E-state index contributed by atoms with van der Waals surface area (Å²) < 4.78 is 139. The molecule has 254 valence electrons. The van der Waals surface area contributed by atoms with Crippen LogP contribution < -0.4 is 0 Å². The second-order valence-electron chi connectivity index (χ2n) is 11.4. The number of aryl methyl sites for hydroxylation is 1. The Morgan fingerprint density at radius 3 is 2.04 bits per heavy atom. The van der Waals surface area contributed by atoms with Gasteiger partial charge in [-0.05, 0) is 74.3 Å². The molecular formula is C29H27Cl2F8NO5S. The molecule has 1 N–H and O–H groups in total. The first-order chi connectivity index (χ1) is 21.2. The predicted octanol–water partition coefficient (Wildman–Crippen LogP) is 7.87. The van der Waals surface area contributed by atoms with E-state index in [1.807, 2.05) is 0 Å². The molecule has 2 fully saturated rings. The van der Waals surface area contributed by atoms with E-state index in [-0.39, 0.29) is 77.3 Å². The minimum absolute atomic E-state index is 0.0156. The number of amides is 1. The smallest absolute Gasteiger partial charge is 0.435 e. The summed E-state index contributed by atoms with van der Waals surface area (Å²) in [6.07, 6.45) is -12.1. The van der Waals surface area contributed by atoms with Gasteiger partial charge in [0.1, 0.15) is 4.75 Å². The largest absolute Gasteiger partial charge is 0.483 e. The molecule has 0 aromatic heterocycles. The van der Waals surface area contributed by atoms with Gasteiger partial charge in [0.05, 0.1) is 21.0 Å². The monoisotopic (exact) mass is 723 g/mol. The van der Waals surface area contributed by atoms with Crippen LogP contribution in [0.1, 0.15) is 61.6 Å². The Labute approximate surface area is 268 Å². The fourth-order valence-corrected chi connectivity index (χ4v) is 9.67. The lowest BCUT2D eigenvalue weighted by Crippen LogP contribution is -2.56. The third-order valence-electron chi connectivity index (χ3n) is 9.04. The lowest BCUT2D eigenvalue weighted by Gasteiger charge is -2.44. The van der Waals surface area contributed by atoms with E-state index in [2.05, 4.69) is 0 Å². The van der Waals surface area contributed by atoms with Crippen LogP contribution in [0.4, 0.5) is 35.1 Å². The summed E-state index contributed by atoms with van der Waals surface area (Å²) in [6.45, 7) is -0.491. The number of hydrogen-bond donors (Lipinski definition) is 1. The van der Waals surface area contributed by atoms with Crippen molar-refractivity contribution < 1.29 is 58.2 Å². The number of likely N-dealkylation sites (tertiary alicyclic amines) is 1. The molecule has 1 saturated carbocycles. The highest BCUT2D eigenvalue weighted by atomic mass is 35.5. The molecule has 2 aliphatic carbocycles. The molecule has 1 saturated heterocycles. The summed E-state index contributed by atoms with van der Waals surface area (Å²) >= 11 is 12.1. The standard InChI is InChI=1S/C28H25Cl2F8NO3S.CH2O2/c29-20-8-6-18(15-21(20)30)43(41,42)25-12-13-39(23(40)24(31)10-2-1-3-11-24)22(25)9-4-16-14-17(5-7-19(16)25)26(32,27(33,34)35)28(36,37)38;2-1-3/h5-8,14-15,22H,1-4,9-13H2;1H,(H,2,3). The number of alkyl halides is 8. The van der Waals surface area contributed by atoms with E-state index in [0.717, 1.165) is 29.5 Å². The number of fused-ring (bicyclic) bond motifs is 3. The lowest BCUT2D eigenvalue weighted by atomic mass is 9.76. The van der Waals surface area contributed by atoms with Crippen LogP contribution in [0.2, 0.25) is 10.0 Å². The Kier molecular flexibility index (Phi) is 9.77. The van der Waals surface area contributed by atoms with E-state index in [1.165, 1.54) is 6.07 Å². The first-order valence-electron chi connectivity index (χ1n) is 14.0. The topological polar surface area (TPSA) is 91.8 Å². The van der Waals surface area contributed by atoms with Gasteiger partial charge in [0.25, 0.3) is 12.4 Å². The number of carboxylic acid groups (broad SMARTS) is 1. The number of sulfone groups is 1. The van der Waals surface area contributed by atoms with Gasteiger partial charge >= 0.3 is 18.0 Å². The van der Waals surface area contributed by atoms with Gasteiger partial charge in [0.2, 0.25) is 0 Å². The first kappa shape index (κ1) is 36.2. The summed E-state index contributed by atoms with van der Waals surface area (Å²) in [7, 11) is -4.63. The average Bonchev–Trinajstić information content (AvgIpc) is 3.38. The Morgan fingerprint density at radius 2 is 1.50 bits per heavy atom. The third-order valence-corrected chi connectivity index (χ3v) is 12.3. The van der Waals surface area contributed by atoms with Crippen LogP contribution >= 0.6 is 23.2 Å². The number of benzene rings is 2. The fraction of sp³-hybridized carbons (Fsp3) is 0.517. The van der Waals surface area contributed by atoms with E-state index in [9.17, 15) is 43.9 Å². The second-order valence-corrected chi connectivity index (χ2v) is 14.5. The molecule has 46 heavy (non-hydrogen) atoms. The fourth-order valence-electron chi connectivity index (χ4n) is 6.91. The van der Waals surface area contributed by atoms with Crippen molar-refractivity contribution in [1.29, 1.82) is 0 Å². The summed E-state index contributed by atoms with van der Waals surface area (Å²) in [5.41, 5.74) is -10.1. The minimum atomic E-state index is -6.37. The molecule has 1 amide bonds. The molecule has 2 atom stereocenters. The van der Waals surface area contributed by atoms with Crippen molar-refractivity contribution in [1.82, 2.24) is 4.90 Å². The number of rotatable bonds is 4. The van der Waals surface area contributed by atoms with Gasteiger partial charge in [-0.3, -0.25) is 9.59 Å². The molecule has 2 aromatic carbocycles. The van der Waals surface area contributed by atoms with Crippen LogP contribution in [-0.2, 0) is 36.3 Å². The van der Waals surface area contributed by atoms with E-state index < -0.39 is 55.8 Å². The van der Waals surface area contributed by atoms with Crippen molar-refractivity contribution in [2.45, 2.75) is 90.7 Å². The van der Waals surface area contributed by atoms with Crippen LogP contribution in [-0.4, -0.2) is 61.4 Å². The van der Waals surface area contributed by atoms with Crippen LogP contribution in [0.5, 0.6) is 0 Å². The number of halogens is 10. The van der Waals surface area contributed by atoms with E-state index in [1.54, 1.807) is 0 Å². The van der Waals surface area contributed by atoms with Gasteiger partial charge in [0.15, 0.2) is 15.5 Å². The Morgan fingerprint density at radius 1 is 0.913 bits per heavy atom. The zero-order valence-corrected chi connectivity index (χ0v) is 26.0. The van der Waals surface area contributed by atoms with Crippen LogP contribution in [0.15, 0.2) is 41.3 Å². The number of carbonyl (C=O) groups is 2. The van der Waals surface area contributed by atoms with E-state index >= 15 is 4.39 Å². The molecule has 3 aliphatic rings. The summed E-state index contributed by atoms with van der Waals surface area (Å²) in [6, 6.07) is 3.59. The maximum absolute atomic E-state index is 15.9. The van der Waals surface area contributed by atoms with Gasteiger partial charge in [0, 0.05) is 12.1 Å². The number of hydrogen-bond acceptors (Lipinski definition) is 4. The van der Waals surface area contributed by atoms with E-state index in [0.29, 0.717) is 18.9 Å². The molecular weight excluding hydrogens is 697 g/mol. The van der Waals surface area contributed by atoms with Crippen LogP contribution in [0, 0.1) is 0 Å². The molecule has 1 heterocycles. The molecule has 5 rings (SSSR count). The van der Waals surface area contributed by atoms with Crippen LogP contribution in [0.3, 0.4) is 0 Å². The Hall–Kier alpha value is -2.65. The van der Waals surface area contributed by atoms with Crippen molar-refractivity contribution in [2.75, 3.05) is 6.54 Å². The molecule has 6 nitrogen and oxygen atoms in total. The summed E-state index contributed by atoms with van der Waals surface area (Å²) in [4.78, 5) is 22.8. The normalized spacial score (nSPS) is 23.1. The van der Waals surface area contributed by atoms with Crippen molar-refractivity contribution in [2.24, 2.45) is 0 Å². The first-order valence-corrected chi connectivity index (χ1v) is 16.2. The predicted molar refractivity (Wildman–Crippen MR) is 151 cm³/mol. The lowest BCUT2D eigenvalue weighted by molar-refractivity contribution is -0.348. The van der Waals surface area contributed by atoms with Gasteiger partial charge < -0.3 is 10.0 Å². The molecule has 0 radical (unpaired) electrons. The number of carbonyl (C=O) groups excluding carboxylic acids is 1. The second kappa shape index (κ2) is 12.4. The minimum Gasteiger partial charge on any atom is -0.483 e. The van der Waals surface area contributed by atoms with Gasteiger partial charge in [-0.1, -0.05) is 47.8 Å². The van der Waals surface area contributed by atoms with Gasteiger partial charge in [-0.25, -0.2) is 17.2 Å². The molecule has 2 unspecified atom stereocenters. The maximum atomic E-state index is 15.9. The molecule has 17 heteroatoms. The quantitative estimate of drug-likeness (QED) is 0.256. The third kappa shape index (κ3) is 5.63. The summed E-state index contributed by atoms with van der Waals surface area (Å²) in [5, 5.41) is 6.76. The van der Waals surface area contributed by atoms with Gasteiger partial charge in [-0.15, -0.1) is 0 Å². The van der Waals surface area contributed by atoms with Crippen molar-refractivity contribution in [3.05, 3.63) is 63.1 Å². The molecule has 1 aliphatic heterocycles. The highest BCUT2D eigenvalue weighted by molar-refractivity contribution is 7.92. The number of nitrogens with zero attached hydrogens (tertiary/aromatic N) is 1. The highest BCUT2D eigenvalue weighted by Crippen LogP contribution is 2.57. The summed E-state index contributed by atoms with van der Waals surface area (Å²) in [5.74, 6) is -0.902. The highest BCUT2D eigenvalue weighted by Gasteiger charge is 2.74. The SMILES string of the molecule is O=C(N1CCC2(S(=O)(=O)c3ccc(Cl)c(Cl)c3)c3ccc(C(F)(C(F)(F)F)C(F)(F)F)cc3CCC12)C1(F)CCCCC1.O=CO. The average molecular weight is 724 g/mol. The zero-order valence-electron chi connectivity index (χ0n) is 23.7. The molecule has 0 spiro atoms. The maximum Gasteiger partial charge on any atom is 0.435 e. The van der Waals surface area contributed by atoms with Crippen molar-refractivity contribution in [3.63, 3.8) is 0 Å².